The Hall–Kier alpha value is -2.79. The van der Waals surface area contributed by atoms with E-state index >= 15 is 0 Å². The molecule has 11 aromatic carbocycles. The summed E-state index contributed by atoms with van der Waals surface area (Å²) in [6, 6.07) is 60.5. The van der Waals surface area contributed by atoms with Gasteiger partial charge in [-0.1, -0.05) is 268 Å². The molecule has 0 fully saturated rings. The van der Waals surface area contributed by atoms with Crippen LogP contribution in [0.3, 0.4) is 0 Å². The zero-order chi connectivity index (χ0) is 103. The summed E-state index contributed by atoms with van der Waals surface area (Å²) >= 11 is -4.13. The number of benzene rings is 11. The summed E-state index contributed by atoms with van der Waals surface area (Å²) < 4.78 is 37.3. The van der Waals surface area contributed by atoms with Crippen molar-refractivity contribution < 1.29 is 143 Å². The zero-order valence-electron chi connectivity index (χ0n) is 83.7. The van der Waals surface area contributed by atoms with E-state index in [0.29, 0.717) is 35.1 Å². The van der Waals surface area contributed by atoms with Crippen LogP contribution in [0.4, 0.5) is 35.9 Å². The molecule has 0 spiro atoms. The Kier molecular flexibility index (Phi) is 51.0. The summed E-state index contributed by atoms with van der Waals surface area (Å²) in [4.78, 5) is 9.60. The van der Waals surface area contributed by atoms with Crippen LogP contribution >= 0.6 is 85.1 Å². The van der Waals surface area contributed by atoms with Crippen molar-refractivity contribution in [1.29, 1.82) is 0 Å². The molecule has 138 heavy (non-hydrogen) atoms. The fourth-order valence-electron chi connectivity index (χ4n) is 19.5. The van der Waals surface area contributed by atoms with Gasteiger partial charge in [0, 0.05) is 117 Å². The van der Waals surface area contributed by atoms with Gasteiger partial charge in [-0.3, -0.25) is 0 Å². The molecule has 10 nitrogen and oxygen atoms in total. The standard InChI is InChI=1S/C26H35NO.C26H27NO.C24H31NO.C21H27NO.C13H18F3NO.10ClH.5Zr/c2*1-26(2,3)23-15-9-12-20(25(23)28)17-27(4)24-21-13-7-5-10-18(21)16-19-11-6-8-14-22(19)24;1-24(2,3)21-13-7-10-18(23(21)26)15-25(4)22-19-11-5-8-16(19)14-17-9-6-12-20(17)22;1-21(2,3)18-12-6-10-16(20(18)23)14-22(4)19-13-7-9-15-8-5-11-17(15)19;1-12(2,3)10-7-5-6-9(11(10)18)8-17(4)13(14,15)16;;;;;;;;;;;;;;;/h9,12,15-16,28H,5-8,10-11,13-14,17H2,1-4H3;5-16,28H,17H2,1-4H3;7,10,13-14,26H,5-6,8-9,11-12,15H2,1-4H3;6-7,9-10,12-13,23H,5,8,11,14H2,1-4H3;5-7,18H,8H2,1-4H3;10*1H;;;;;/q;;;;;;;;;;;;;;;5*+2/p-10. The van der Waals surface area contributed by atoms with E-state index < -0.39 is 111 Å². The van der Waals surface area contributed by atoms with Crippen LogP contribution < -0.4 is 19.6 Å². The Balaban J connectivity index is 0.000000228. The number of para-hydroxylation sites is 5. The fourth-order valence-corrected chi connectivity index (χ4v) is 19.5. The number of phenols is 5. The average Bonchev–Trinajstić information content (AvgIpc) is 1.47. The molecular formula is C110H138Cl10F3N5O5Zr5. The number of halogens is 13. The van der Waals surface area contributed by atoms with Crippen molar-refractivity contribution in [2.24, 2.45) is 0 Å². The van der Waals surface area contributed by atoms with Gasteiger partial charge in [-0.15, -0.1) is 0 Å². The van der Waals surface area contributed by atoms with Crippen molar-refractivity contribution in [2.45, 2.75) is 279 Å². The van der Waals surface area contributed by atoms with E-state index in [1.807, 2.05) is 51.1 Å². The van der Waals surface area contributed by atoms with Gasteiger partial charge in [0.1, 0.15) is 28.7 Å². The van der Waals surface area contributed by atoms with Crippen molar-refractivity contribution in [3.05, 3.63) is 287 Å². The van der Waals surface area contributed by atoms with Crippen LogP contribution in [0.1, 0.15) is 260 Å². The molecule has 0 unspecified atom stereocenters. The Morgan fingerprint density at radius 3 is 0.797 bits per heavy atom. The molecule has 0 heterocycles. The number of rotatable bonds is 14. The molecule has 16 rings (SSSR count). The van der Waals surface area contributed by atoms with Gasteiger partial charge in [-0.25, -0.2) is 4.90 Å². The minimum absolute atomic E-state index is 0.0477. The van der Waals surface area contributed by atoms with Crippen molar-refractivity contribution in [3.8, 4) is 28.7 Å². The molecule has 0 radical (unpaired) electrons. The monoisotopic (exact) mass is 2470 g/mol. The van der Waals surface area contributed by atoms with Crippen LogP contribution in [0.2, 0.25) is 0 Å². The third kappa shape index (κ3) is 34.7. The number of alkyl halides is 3. The molecule has 0 atom stereocenters. The van der Waals surface area contributed by atoms with Gasteiger partial charge in [0.15, 0.2) is 0 Å². The number of hydrogen-bond donors (Lipinski definition) is 5. The number of anilines is 4. The molecule has 11 aromatic rings. The normalized spacial score (nSPS) is 13.3. The number of aryl methyl sites for hydroxylation is 5. The number of hydrogen-bond acceptors (Lipinski definition) is 10. The maximum absolute atomic E-state index is 12.4. The first-order valence-electron chi connectivity index (χ1n) is 46.9. The number of nitrogens with zero attached hydrogens (tertiary/aromatic N) is 5. The van der Waals surface area contributed by atoms with Crippen LogP contribution in [0.15, 0.2) is 176 Å². The van der Waals surface area contributed by atoms with E-state index in [2.05, 4.69) is 258 Å². The van der Waals surface area contributed by atoms with Crippen LogP contribution in [0, 0.1) is 0 Å². The Labute approximate surface area is 915 Å². The predicted octanol–water partition coefficient (Wildman–Crippen LogP) is 33.4. The van der Waals surface area contributed by atoms with Crippen LogP contribution in [0.5, 0.6) is 28.7 Å². The van der Waals surface area contributed by atoms with Crippen LogP contribution in [-0.4, -0.2) is 72.0 Å². The molecule has 0 bridgehead atoms. The molecule has 5 aliphatic rings. The van der Waals surface area contributed by atoms with Crippen molar-refractivity contribution in [2.75, 3.05) is 54.8 Å². The topological polar surface area (TPSA) is 117 Å². The second-order valence-electron chi connectivity index (χ2n) is 41.0. The van der Waals surface area contributed by atoms with E-state index in [9.17, 15) is 38.7 Å². The van der Waals surface area contributed by atoms with Crippen molar-refractivity contribution >= 4 is 129 Å². The average molecular weight is 2480 g/mol. The molecule has 0 amide bonds. The van der Waals surface area contributed by atoms with Gasteiger partial charge < -0.3 is 45.1 Å². The van der Waals surface area contributed by atoms with E-state index in [1.54, 1.807) is 56.6 Å². The van der Waals surface area contributed by atoms with Crippen LogP contribution in [0.25, 0.3) is 21.5 Å². The first kappa shape index (κ1) is 122. The summed E-state index contributed by atoms with van der Waals surface area (Å²) in [6.45, 7) is 34.0. The molecule has 744 valence electrons. The van der Waals surface area contributed by atoms with Gasteiger partial charge in [0.2, 0.25) is 0 Å². The predicted molar refractivity (Wildman–Crippen MR) is 569 cm³/mol. The number of phenolic OH excluding ortho intramolecular Hbond substituents is 5. The van der Waals surface area contributed by atoms with Crippen molar-refractivity contribution in [1.82, 2.24) is 4.90 Å². The third-order valence-corrected chi connectivity index (χ3v) is 25.9. The molecular weight excluding hydrogens is 2340 g/mol. The molecule has 28 heteroatoms. The summed E-state index contributed by atoms with van der Waals surface area (Å²) in [6.07, 6.45) is 16.8. The quantitative estimate of drug-likeness (QED) is 0.0532. The van der Waals surface area contributed by atoms with Crippen LogP contribution in [-0.2, 0) is 228 Å². The Bertz CT molecular complexity index is 5620. The first-order valence-corrected chi connectivity index (χ1v) is 78.6. The van der Waals surface area contributed by atoms with Gasteiger partial charge in [-0.2, -0.15) is 13.2 Å². The summed E-state index contributed by atoms with van der Waals surface area (Å²) in [5.74, 6) is 1.74. The summed E-state index contributed by atoms with van der Waals surface area (Å²) in [5.41, 5.74) is 29.5. The minimum atomic E-state index is -4.40. The Morgan fingerprint density at radius 2 is 0.500 bits per heavy atom. The van der Waals surface area contributed by atoms with Gasteiger partial charge in [-0.05, 0) is 250 Å². The number of aromatic hydroxyl groups is 5. The van der Waals surface area contributed by atoms with Gasteiger partial charge >= 0.3 is 196 Å². The maximum atomic E-state index is 12.4. The zero-order valence-corrected chi connectivity index (χ0v) is 104. The molecule has 5 aliphatic carbocycles. The van der Waals surface area contributed by atoms with Gasteiger partial charge in [0.05, 0.1) is 5.69 Å². The number of fused-ring (bicyclic) bond motifs is 7. The third-order valence-electron chi connectivity index (χ3n) is 25.9. The summed E-state index contributed by atoms with van der Waals surface area (Å²) in [7, 11) is 59.0. The van der Waals surface area contributed by atoms with E-state index in [-0.39, 0.29) is 49.8 Å². The molecule has 5 N–H and O–H groups in total. The second-order valence-corrected chi connectivity index (χ2v) is 59.6. The first-order chi connectivity index (χ1) is 65.1. The summed E-state index contributed by atoms with van der Waals surface area (Å²) in [5, 5.41) is 58.4. The SMILES string of the molecule is CN(Cc1cccc(C(C)(C)C)c1O)C(F)(F)F.CN(Cc1cccc(C(C)(C)C)c1O)c1c2c(cc3c1CCC3)CCC2.CN(Cc1cccc(C(C)(C)C)c1O)c1c2c(cc3c1CCCC3)CCCC2.CN(Cc1cccc(C(C)(C)C)c1O)c1c2ccccc2cc2ccccc12.CN(Cc1cccc(C(C)(C)C)c1O)c1cccc2c1CCC2.[Cl][Zr][Cl].[Cl][Zr][Cl].[Cl][Zr][Cl].[Cl][Zr][Cl].[Cl][Zr][Cl]. The molecule has 0 saturated heterocycles. The Morgan fingerprint density at radius 1 is 0.261 bits per heavy atom. The molecule has 0 saturated carbocycles. The van der Waals surface area contributed by atoms with E-state index in [1.165, 1.54) is 171 Å². The fraction of sp³-hybridized carbons (Fsp3) is 0.436. The molecule has 0 aromatic heterocycles. The van der Waals surface area contributed by atoms with Gasteiger partial charge in [0.25, 0.3) is 0 Å². The van der Waals surface area contributed by atoms with Crippen molar-refractivity contribution in [3.63, 3.8) is 0 Å². The van der Waals surface area contributed by atoms with E-state index in [0.717, 1.165) is 71.2 Å². The second kappa shape index (κ2) is 57.7. The molecule has 0 aliphatic heterocycles. The van der Waals surface area contributed by atoms with E-state index in [4.69, 9.17) is 85.1 Å².